The smallest absolute Gasteiger partial charge is 0.471 e. The first-order chi connectivity index (χ1) is 15.8. The first-order valence-electron chi connectivity index (χ1n) is 10.5. The van der Waals surface area contributed by atoms with Crippen molar-refractivity contribution in [2.75, 3.05) is 20.2 Å². The molecule has 2 aromatic carbocycles. The van der Waals surface area contributed by atoms with Crippen LogP contribution in [0.2, 0.25) is 0 Å². The maximum atomic E-state index is 13.4. The molecule has 0 radical (unpaired) electrons. The number of alkyl halides is 3. The maximum absolute atomic E-state index is 13.4. The Hall–Kier alpha value is -3.40. The van der Waals surface area contributed by atoms with E-state index < -0.39 is 12.1 Å². The minimum absolute atomic E-state index is 0.00926. The van der Waals surface area contributed by atoms with Crippen LogP contribution in [0.15, 0.2) is 47.0 Å². The van der Waals surface area contributed by atoms with Gasteiger partial charge in [-0.3, -0.25) is 4.79 Å². The lowest BCUT2D eigenvalue weighted by Crippen LogP contribution is -2.48. The summed E-state index contributed by atoms with van der Waals surface area (Å²) in [6.45, 7) is 1.99. The van der Waals surface area contributed by atoms with E-state index in [1.165, 1.54) is 0 Å². The lowest BCUT2D eigenvalue weighted by Gasteiger charge is -2.38. The molecule has 1 aromatic heterocycles. The molecule has 2 atom stereocenters. The number of methoxy groups -OCH3 is 1. The number of amides is 1. The van der Waals surface area contributed by atoms with Crippen molar-refractivity contribution in [1.82, 2.24) is 20.4 Å². The molecule has 7 nitrogen and oxygen atoms in total. The normalized spacial score (nSPS) is 20.7. The number of hydrogen-bond donors (Lipinski definition) is 1. The van der Waals surface area contributed by atoms with Crippen LogP contribution < -0.4 is 10.1 Å². The van der Waals surface area contributed by atoms with Crippen LogP contribution in [0.25, 0.3) is 11.4 Å². The summed E-state index contributed by atoms with van der Waals surface area (Å²) in [5, 5.41) is 6.84. The number of benzene rings is 2. The molecule has 33 heavy (non-hydrogen) atoms. The minimum atomic E-state index is -4.72. The zero-order chi connectivity index (χ0) is 23.2. The third-order valence-electron chi connectivity index (χ3n) is 6.26. The Balaban J connectivity index is 1.41. The molecule has 2 aliphatic heterocycles. The van der Waals surface area contributed by atoms with Gasteiger partial charge in [0.05, 0.1) is 7.11 Å². The number of ether oxygens (including phenoxy) is 1. The number of nitrogens with zero attached hydrogens (tertiary/aromatic N) is 3. The van der Waals surface area contributed by atoms with Crippen LogP contribution in [0.3, 0.4) is 0 Å². The zero-order valence-electron chi connectivity index (χ0n) is 17.7. The molecule has 2 aliphatic rings. The first-order valence-corrected chi connectivity index (χ1v) is 10.5. The summed E-state index contributed by atoms with van der Waals surface area (Å²) < 4.78 is 48.0. The molecular weight excluding hydrogens is 437 g/mol. The van der Waals surface area contributed by atoms with Crippen LogP contribution in [0.1, 0.15) is 39.7 Å². The van der Waals surface area contributed by atoms with Gasteiger partial charge in [-0.2, -0.15) is 18.2 Å². The van der Waals surface area contributed by atoms with E-state index in [4.69, 9.17) is 4.74 Å². The number of rotatable bonds is 4. The van der Waals surface area contributed by atoms with Crippen molar-refractivity contribution in [3.63, 3.8) is 0 Å². The number of carbonyl (C=O) groups excluding carboxylic acids is 1. The molecule has 1 N–H and O–H groups in total. The van der Waals surface area contributed by atoms with E-state index in [0.717, 1.165) is 36.4 Å². The highest BCUT2D eigenvalue weighted by atomic mass is 19.4. The summed E-state index contributed by atoms with van der Waals surface area (Å²) in [5.41, 5.74) is 2.71. The fourth-order valence-corrected chi connectivity index (χ4v) is 4.60. The average molecular weight is 458 g/mol. The minimum Gasteiger partial charge on any atom is -0.497 e. The second-order valence-corrected chi connectivity index (χ2v) is 8.17. The van der Waals surface area contributed by atoms with Crippen molar-refractivity contribution < 1.29 is 27.2 Å². The number of fused-ring (bicyclic) bond motifs is 1. The highest BCUT2D eigenvalue weighted by molar-refractivity contribution is 5.99. The summed E-state index contributed by atoms with van der Waals surface area (Å²) in [5.74, 6) is -0.880. The Bertz CT molecular complexity index is 1180. The predicted molar refractivity (Wildman–Crippen MR) is 112 cm³/mol. The summed E-state index contributed by atoms with van der Waals surface area (Å²) in [4.78, 5) is 18.7. The van der Waals surface area contributed by atoms with Gasteiger partial charge in [-0.05, 0) is 42.3 Å². The fraction of sp³-hybridized carbons (Fsp3) is 0.348. The van der Waals surface area contributed by atoms with E-state index in [-0.39, 0.29) is 23.7 Å². The second-order valence-electron chi connectivity index (χ2n) is 8.17. The molecule has 1 amide bonds. The number of aromatic nitrogens is 2. The average Bonchev–Trinajstić information content (AvgIpc) is 3.45. The van der Waals surface area contributed by atoms with Gasteiger partial charge in [0.25, 0.3) is 5.91 Å². The van der Waals surface area contributed by atoms with Crippen molar-refractivity contribution in [1.29, 1.82) is 0 Å². The van der Waals surface area contributed by atoms with E-state index in [2.05, 4.69) is 20.0 Å². The van der Waals surface area contributed by atoms with Crippen LogP contribution in [-0.2, 0) is 12.7 Å². The van der Waals surface area contributed by atoms with Crippen LogP contribution in [0.4, 0.5) is 13.2 Å². The largest absolute Gasteiger partial charge is 0.497 e. The van der Waals surface area contributed by atoms with Crippen LogP contribution in [0.5, 0.6) is 5.75 Å². The van der Waals surface area contributed by atoms with Crippen LogP contribution in [-0.4, -0.2) is 47.2 Å². The Kier molecular flexibility index (Phi) is 5.32. The number of halogens is 3. The third kappa shape index (κ3) is 3.95. The Morgan fingerprint density at radius 2 is 1.97 bits per heavy atom. The van der Waals surface area contributed by atoms with Gasteiger partial charge >= 0.3 is 12.1 Å². The summed E-state index contributed by atoms with van der Waals surface area (Å²) in [6, 6.07) is 12.8. The topological polar surface area (TPSA) is 80.5 Å². The molecule has 3 heterocycles. The SMILES string of the molecule is COc1ccc([C@@H]2CNCCC2N2Cc3ccc(-c4noc(C(F)(F)F)n4)cc3C2=O)cc1. The summed E-state index contributed by atoms with van der Waals surface area (Å²) >= 11 is 0. The maximum Gasteiger partial charge on any atom is 0.471 e. The molecule has 1 saturated heterocycles. The van der Waals surface area contributed by atoms with Gasteiger partial charge in [-0.1, -0.05) is 29.4 Å². The van der Waals surface area contributed by atoms with Gasteiger partial charge in [0, 0.05) is 36.2 Å². The van der Waals surface area contributed by atoms with E-state index in [0.29, 0.717) is 17.7 Å². The molecular formula is C23H21F3N4O3. The van der Waals surface area contributed by atoms with Crippen molar-refractivity contribution in [3.05, 3.63) is 65.0 Å². The lowest BCUT2D eigenvalue weighted by molar-refractivity contribution is -0.159. The van der Waals surface area contributed by atoms with E-state index in [1.807, 2.05) is 29.2 Å². The monoisotopic (exact) mass is 458 g/mol. The highest BCUT2D eigenvalue weighted by Gasteiger charge is 2.40. The Morgan fingerprint density at radius 3 is 2.67 bits per heavy atom. The molecule has 10 heteroatoms. The van der Waals surface area contributed by atoms with Gasteiger partial charge in [0.2, 0.25) is 5.82 Å². The van der Waals surface area contributed by atoms with Crippen LogP contribution >= 0.6 is 0 Å². The lowest BCUT2D eigenvalue weighted by atomic mass is 9.86. The summed E-state index contributed by atoms with van der Waals surface area (Å²) in [6.07, 6.45) is -3.93. The van der Waals surface area contributed by atoms with Crippen molar-refractivity contribution in [2.24, 2.45) is 0 Å². The Labute approximate surface area is 187 Å². The van der Waals surface area contributed by atoms with Gasteiger partial charge in [0.15, 0.2) is 0 Å². The molecule has 1 unspecified atom stereocenters. The fourth-order valence-electron chi connectivity index (χ4n) is 4.60. The molecule has 5 rings (SSSR count). The van der Waals surface area contributed by atoms with E-state index in [9.17, 15) is 18.0 Å². The zero-order valence-corrected chi connectivity index (χ0v) is 17.7. The molecule has 3 aromatic rings. The van der Waals surface area contributed by atoms with Crippen molar-refractivity contribution >= 4 is 5.91 Å². The first kappa shape index (κ1) is 21.4. The number of hydrogen-bond acceptors (Lipinski definition) is 6. The van der Waals surface area contributed by atoms with Gasteiger partial charge < -0.3 is 19.5 Å². The molecule has 172 valence electrons. The quantitative estimate of drug-likeness (QED) is 0.640. The van der Waals surface area contributed by atoms with Gasteiger partial charge in [-0.15, -0.1) is 0 Å². The molecule has 0 aliphatic carbocycles. The molecule has 1 fully saturated rings. The Morgan fingerprint density at radius 1 is 1.18 bits per heavy atom. The summed E-state index contributed by atoms with van der Waals surface area (Å²) in [7, 11) is 1.62. The number of carbonyl (C=O) groups is 1. The van der Waals surface area contributed by atoms with Gasteiger partial charge in [-0.25, -0.2) is 0 Å². The van der Waals surface area contributed by atoms with Crippen molar-refractivity contribution in [3.8, 4) is 17.1 Å². The highest BCUT2D eigenvalue weighted by Crippen LogP contribution is 2.36. The third-order valence-corrected chi connectivity index (χ3v) is 6.26. The molecule has 0 bridgehead atoms. The molecule has 0 spiro atoms. The number of nitrogens with one attached hydrogen (secondary N) is 1. The second kappa shape index (κ2) is 8.18. The van der Waals surface area contributed by atoms with Crippen LogP contribution in [0, 0.1) is 0 Å². The standard InChI is InChI=1S/C23H21F3N4O3/c1-32-16-6-4-13(5-7-16)18-11-27-9-8-19(18)30-12-15-3-2-14(10-17(15)21(30)31)20-28-22(33-29-20)23(24,25)26/h2-7,10,18-19,27H,8-9,11-12H2,1H3/t18-,19?/m0/s1. The number of piperidine rings is 1. The molecule has 0 saturated carbocycles. The van der Waals surface area contributed by atoms with E-state index in [1.54, 1.807) is 25.3 Å². The predicted octanol–water partition coefficient (Wildman–Crippen LogP) is 3.87. The van der Waals surface area contributed by atoms with Crippen molar-refractivity contribution in [2.45, 2.75) is 31.1 Å². The van der Waals surface area contributed by atoms with E-state index >= 15 is 0 Å². The van der Waals surface area contributed by atoms with Gasteiger partial charge in [0.1, 0.15) is 5.75 Å².